The fraction of sp³-hybridized carbons (Fsp3) is 0.417. The second-order valence-corrected chi connectivity index (χ2v) is 7.64. The Morgan fingerprint density at radius 1 is 1.07 bits per heavy atom. The van der Waals surface area contributed by atoms with Crippen LogP contribution in [0.15, 0.2) is 54.6 Å². The number of benzene rings is 2. The zero-order valence-electron chi connectivity index (χ0n) is 17.0. The molecule has 0 aliphatic carbocycles. The van der Waals surface area contributed by atoms with Gasteiger partial charge in [-0.3, -0.25) is 9.59 Å². The molecule has 0 saturated carbocycles. The number of hydrogen-bond acceptors (Lipinski definition) is 2. The molecule has 1 saturated heterocycles. The van der Waals surface area contributed by atoms with Crippen LogP contribution in [-0.4, -0.2) is 47.8 Å². The summed E-state index contributed by atoms with van der Waals surface area (Å²) in [6.07, 6.45) is 2.73. The second kappa shape index (κ2) is 10.2. The lowest BCUT2D eigenvalue weighted by Gasteiger charge is -2.35. The SMILES string of the molecule is CCN(CCc1ccccc1)C(=O)C1CCCN(C(=O)Cc2ccc(F)cc2)C1. The van der Waals surface area contributed by atoms with E-state index >= 15 is 0 Å². The first kappa shape index (κ1) is 21.0. The molecular formula is C24H29FN2O2. The van der Waals surface area contributed by atoms with Crippen LogP contribution in [0.1, 0.15) is 30.9 Å². The normalized spacial score (nSPS) is 16.5. The Balaban J connectivity index is 1.55. The molecule has 1 atom stereocenters. The van der Waals surface area contributed by atoms with Crippen LogP contribution in [0.3, 0.4) is 0 Å². The Morgan fingerprint density at radius 2 is 1.79 bits per heavy atom. The van der Waals surface area contributed by atoms with Gasteiger partial charge in [-0.15, -0.1) is 0 Å². The minimum absolute atomic E-state index is 0.00134. The highest BCUT2D eigenvalue weighted by atomic mass is 19.1. The topological polar surface area (TPSA) is 40.6 Å². The van der Waals surface area contributed by atoms with Crippen molar-refractivity contribution in [2.45, 2.75) is 32.6 Å². The average molecular weight is 397 g/mol. The third kappa shape index (κ3) is 5.89. The van der Waals surface area contributed by atoms with E-state index < -0.39 is 0 Å². The van der Waals surface area contributed by atoms with Crippen LogP contribution in [0.5, 0.6) is 0 Å². The molecule has 3 rings (SSSR count). The molecule has 1 heterocycles. The van der Waals surface area contributed by atoms with E-state index in [1.165, 1.54) is 17.7 Å². The predicted octanol–water partition coefficient (Wildman–Crippen LogP) is 3.70. The molecule has 0 N–H and O–H groups in total. The van der Waals surface area contributed by atoms with Crippen molar-refractivity contribution in [1.29, 1.82) is 0 Å². The molecule has 0 bridgehead atoms. The number of amides is 2. The van der Waals surface area contributed by atoms with Gasteiger partial charge >= 0.3 is 0 Å². The van der Waals surface area contributed by atoms with Gasteiger partial charge in [-0.25, -0.2) is 4.39 Å². The standard InChI is InChI=1S/C24H29FN2O2/c1-2-26(16-14-19-7-4-3-5-8-19)24(29)21-9-6-15-27(18-21)23(28)17-20-10-12-22(25)13-11-20/h3-5,7-8,10-13,21H,2,6,9,14-18H2,1H3. The van der Waals surface area contributed by atoms with E-state index in [9.17, 15) is 14.0 Å². The summed E-state index contributed by atoms with van der Waals surface area (Å²) in [6.45, 7) is 4.52. The Kier molecular flexibility index (Phi) is 7.39. The van der Waals surface area contributed by atoms with Crippen LogP contribution in [0.4, 0.5) is 4.39 Å². The molecule has 0 spiro atoms. The number of halogens is 1. The van der Waals surface area contributed by atoms with E-state index in [0.717, 1.165) is 24.8 Å². The van der Waals surface area contributed by atoms with Gasteiger partial charge in [0.05, 0.1) is 12.3 Å². The van der Waals surface area contributed by atoms with Gasteiger partial charge < -0.3 is 9.80 Å². The van der Waals surface area contributed by atoms with Gasteiger partial charge in [-0.1, -0.05) is 42.5 Å². The first-order valence-corrected chi connectivity index (χ1v) is 10.4. The van der Waals surface area contributed by atoms with Crippen LogP contribution < -0.4 is 0 Å². The number of rotatable bonds is 7. The molecule has 29 heavy (non-hydrogen) atoms. The van der Waals surface area contributed by atoms with Gasteiger partial charge in [-0.2, -0.15) is 0 Å². The molecular weight excluding hydrogens is 367 g/mol. The van der Waals surface area contributed by atoms with E-state index in [0.29, 0.717) is 26.2 Å². The van der Waals surface area contributed by atoms with Crippen LogP contribution >= 0.6 is 0 Å². The summed E-state index contributed by atoms with van der Waals surface area (Å²) >= 11 is 0. The minimum atomic E-state index is -0.306. The van der Waals surface area contributed by atoms with Crippen molar-refractivity contribution >= 4 is 11.8 Å². The van der Waals surface area contributed by atoms with Gasteiger partial charge in [0.1, 0.15) is 5.82 Å². The number of piperidine rings is 1. The lowest BCUT2D eigenvalue weighted by Crippen LogP contribution is -2.47. The smallest absolute Gasteiger partial charge is 0.227 e. The zero-order valence-corrected chi connectivity index (χ0v) is 17.0. The average Bonchev–Trinajstić information content (AvgIpc) is 2.76. The third-order valence-corrected chi connectivity index (χ3v) is 5.60. The van der Waals surface area contributed by atoms with E-state index in [-0.39, 0.29) is 30.0 Å². The summed E-state index contributed by atoms with van der Waals surface area (Å²) in [7, 11) is 0. The number of carbonyl (C=O) groups is 2. The van der Waals surface area contributed by atoms with Gasteiger partial charge in [0.15, 0.2) is 0 Å². The number of hydrogen-bond donors (Lipinski definition) is 0. The fourth-order valence-electron chi connectivity index (χ4n) is 3.88. The van der Waals surface area contributed by atoms with Gasteiger partial charge in [0.25, 0.3) is 0 Å². The van der Waals surface area contributed by atoms with E-state index in [2.05, 4.69) is 12.1 Å². The fourth-order valence-corrected chi connectivity index (χ4v) is 3.88. The lowest BCUT2D eigenvalue weighted by atomic mass is 9.95. The molecule has 2 aromatic rings. The van der Waals surface area contributed by atoms with Crippen molar-refractivity contribution in [3.8, 4) is 0 Å². The van der Waals surface area contributed by atoms with Crippen molar-refractivity contribution in [1.82, 2.24) is 9.80 Å². The molecule has 2 amide bonds. The van der Waals surface area contributed by atoms with Crippen LogP contribution in [-0.2, 0) is 22.4 Å². The van der Waals surface area contributed by atoms with Gasteiger partial charge in [0, 0.05) is 26.2 Å². The summed E-state index contributed by atoms with van der Waals surface area (Å²) in [5, 5.41) is 0. The predicted molar refractivity (Wildman–Crippen MR) is 112 cm³/mol. The van der Waals surface area contributed by atoms with Gasteiger partial charge in [0.2, 0.25) is 11.8 Å². The maximum absolute atomic E-state index is 13.1. The minimum Gasteiger partial charge on any atom is -0.342 e. The Hall–Kier alpha value is -2.69. The first-order chi connectivity index (χ1) is 14.1. The highest BCUT2D eigenvalue weighted by molar-refractivity contribution is 5.82. The molecule has 0 radical (unpaired) electrons. The van der Waals surface area contributed by atoms with Crippen LogP contribution in [0, 0.1) is 11.7 Å². The number of carbonyl (C=O) groups excluding carboxylic acids is 2. The van der Waals surface area contributed by atoms with Crippen LogP contribution in [0.25, 0.3) is 0 Å². The lowest BCUT2D eigenvalue weighted by molar-refractivity contribution is -0.140. The number of likely N-dealkylation sites (tertiary alicyclic amines) is 1. The number of likely N-dealkylation sites (N-methyl/N-ethyl adjacent to an activating group) is 1. The summed E-state index contributed by atoms with van der Waals surface area (Å²) in [6, 6.07) is 16.2. The summed E-state index contributed by atoms with van der Waals surface area (Å²) < 4.78 is 13.1. The quantitative estimate of drug-likeness (QED) is 0.716. The van der Waals surface area contributed by atoms with E-state index in [1.54, 1.807) is 17.0 Å². The maximum atomic E-state index is 13.1. The summed E-state index contributed by atoms with van der Waals surface area (Å²) in [5.74, 6) is -0.305. The van der Waals surface area contributed by atoms with Crippen molar-refractivity contribution in [2.75, 3.05) is 26.2 Å². The van der Waals surface area contributed by atoms with Gasteiger partial charge in [-0.05, 0) is 49.4 Å². The molecule has 154 valence electrons. The largest absolute Gasteiger partial charge is 0.342 e. The number of nitrogens with zero attached hydrogens (tertiary/aromatic N) is 2. The highest BCUT2D eigenvalue weighted by Crippen LogP contribution is 2.20. The molecule has 1 aliphatic heterocycles. The highest BCUT2D eigenvalue weighted by Gasteiger charge is 2.30. The molecule has 5 heteroatoms. The summed E-state index contributed by atoms with van der Waals surface area (Å²) in [5.41, 5.74) is 2.02. The van der Waals surface area contributed by atoms with Crippen molar-refractivity contribution in [3.63, 3.8) is 0 Å². The first-order valence-electron chi connectivity index (χ1n) is 10.4. The Bertz CT molecular complexity index is 807. The Labute approximate surface area is 172 Å². The maximum Gasteiger partial charge on any atom is 0.227 e. The second-order valence-electron chi connectivity index (χ2n) is 7.64. The summed E-state index contributed by atoms with van der Waals surface area (Å²) in [4.78, 5) is 29.4. The van der Waals surface area contributed by atoms with E-state index in [1.807, 2.05) is 30.0 Å². The molecule has 4 nitrogen and oxygen atoms in total. The zero-order chi connectivity index (χ0) is 20.6. The third-order valence-electron chi connectivity index (χ3n) is 5.60. The molecule has 1 fully saturated rings. The molecule has 1 aliphatic rings. The van der Waals surface area contributed by atoms with E-state index in [4.69, 9.17) is 0 Å². The molecule has 1 unspecified atom stereocenters. The van der Waals surface area contributed by atoms with Crippen molar-refractivity contribution in [2.24, 2.45) is 5.92 Å². The van der Waals surface area contributed by atoms with Crippen molar-refractivity contribution in [3.05, 3.63) is 71.5 Å². The van der Waals surface area contributed by atoms with Crippen LogP contribution in [0.2, 0.25) is 0 Å². The van der Waals surface area contributed by atoms with Crippen molar-refractivity contribution < 1.29 is 14.0 Å². The molecule has 0 aromatic heterocycles. The monoisotopic (exact) mass is 396 g/mol. The Morgan fingerprint density at radius 3 is 2.48 bits per heavy atom. The molecule has 2 aromatic carbocycles.